The molecule has 0 bridgehead atoms. The summed E-state index contributed by atoms with van der Waals surface area (Å²) in [6.07, 6.45) is 0. The fraction of sp³-hybridized carbons (Fsp3) is 0. The third-order valence-corrected chi connectivity index (χ3v) is 1.28. The SMILES string of the molecule is O=C[O-].O=C[O-].O=[N+]([O-])c1ccccc1[N+](=O)[O-].[Zn+2]. The van der Waals surface area contributed by atoms with E-state index in [1.165, 1.54) is 12.1 Å². The maximum atomic E-state index is 10.2. The Morgan fingerprint density at radius 3 is 1.21 bits per heavy atom. The van der Waals surface area contributed by atoms with Gasteiger partial charge in [0.2, 0.25) is 0 Å². The van der Waals surface area contributed by atoms with Gasteiger partial charge in [0.15, 0.2) is 0 Å². The second-order valence-electron chi connectivity index (χ2n) is 2.20. The van der Waals surface area contributed by atoms with Crippen LogP contribution in [-0.4, -0.2) is 22.8 Å². The first-order valence-corrected chi connectivity index (χ1v) is 3.95. The summed E-state index contributed by atoms with van der Waals surface area (Å²) in [6, 6.07) is 4.95. The maximum absolute atomic E-state index is 10.2. The van der Waals surface area contributed by atoms with Crippen LogP contribution in [-0.2, 0) is 29.1 Å². The minimum absolute atomic E-state index is 0. The number of para-hydroxylation sites is 2. The summed E-state index contributed by atoms with van der Waals surface area (Å²) < 4.78 is 0. The molecule has 1 rings (SSSR count). The minimum Gasteiger partial charge on any atom is -0.554 e. The Bertz CT molecular complexity index is 386. The van der Waals surface area contributed by atoms with E-state index in [1.54, 1.807) is 0 Å². The molecule has 19 heavy (non-hydrogen) atoms. The molecule has 0 saturated heterocycles. The van der Waals surface area contributed by atoms with Gasteiger partial charge in [0.05, 0.1) is 9.85 Å². The molecule has 10 nitrogen and oxygen atoms in total. The zero-order chi connectivity index (χ0) is 14.6. The van der Waals surface area contributed by atoms with E-state index in [2.05, 4.69) is 0 Å². The van der Waals surface area contributed by atoms with Crippen LogP contribution in [0.25, 0.3) is 0 Å². The van der Waals surface area contributed by atoms with Crippen molar-refractivity contribution in [1.82, 2.24) is 0 Å². The molecule has 0 unspecified atom stereocenters. The molecule has 0 aromatic heterocycles. The molecule has 0 fully saturated rings. The van der Waals surface area contributed by atoms with Crippen LogP contribution in [0.4, 0.5) is 11.4 Å². The molecule has 0 aliphatic rings. The van der Waals surface area contributed by atoms with Crippen molar-refractivity contribution in [2.45, 2.75) is 0 Å². The van der Waals surface area contributed by atoms with Crippen molar-refractivity contribution in [3.63, 3.8) is 0 Å². The molecule has 11 heteroatoms. The first-order valence-electron chi connectivity index (χ1n) is 3.95. The molecule has 98 valence electrons. The van der Waals surface area contributed by atoms with E-state index in [0.29, 0.717) is 0 Å². The van der Waals surface area contributed by atoms with Gasteiger partial charge in [-0.2, -0.15) is 0 Å². The van der Waals surface area contributed by atoms with Crippen LogP contribution in [0.5, 0.6) is 0 Å². The Labute approximate surface area is 118 Å². The smallest absolute Gasteiger partial charge is 0.554 e. The van der Waals surface area contributed by atoms with Crippen molar-refractivity contribution in [3.05, 3.63) is 44.5 Å². The van der Waals surface area contributed by atoms with Gasteiger partial charge in [0.1, 0.15) is 0 Å². The number of benzene rings is 1. The average Bonchev–Trinajstić information content (AvgIpc) is 2.31. The third kappa shape index (κ3) is 10.5. The summed E-state index contributed by atoms with van der Waals surface area (Å²) in [5, 5.41) is 37.0. The summed E-state index contributed by atoms with van der Waals surface area (Å²) in [6.45, 7) is -1.00. The van der Waals surface area contributed by atoms with E-state index >= 15 is 0 Å². The quantitative estimate of drug-likeness (QED) is 0.267. The van der Waals surface area contributed by atoms with Crippen LogP contribution in [0.15, 0.2) is 24.3 Å². The second kappa shape index (κ2) is 13.6. The zero-order valence-electron chi connectivity index (χ0n) is 9.33. The van der Waals surface area contributed by atoms with Crippen LogP contribution in [0.1, 0.15) is 0 Å². The topological polar surface area (TPSA) is 167 Å². The molecule has 0 radical (unpaired) electrons. The fourth-order valence-electron chi connectivity index (χ4n) is 0.773. The van der Waals surface area contributed by atoms with Gasteiger partial charge in [0, 0.05) is 25.1 Å². The Morgan fingerprint density at radius 2 is 1.05 bits per heavy atom. The predicted octanol–water partition coefficient (Wildman–Crippen LogP) is -1.77. The number of nitro benzene ring substituents is 2. The molecule has 0 saturated carbocycles. The molecule has 0 N–H and O–H groups in total. The average molecular weight is 324 g/mol. The molecular formula is C8H6N2O8Zn. The zero-order valence-corrected chi connectivity index (χ0v) is 12.3. The molecule has 0 aliphatic heterocycles. The number of nitrogens with zero attached hydrogens (tertiary/aromatic N) is 2. The van der Waals surface area contributed by atoms with E-state index < -0.39 is 34.2 Å². The van der Waals surface area contributed by atoms with E-state index in [-0.39, 0.29) is 19.5 Å². The van der Waals surface area contributed by atoms with Crippen LogP contribution < -0.4 is 10.2 Å². The Hall–Kier alpha value is -2.42. The van der Waals surface area contributed by atoms with Gasteiger partial charge >= 0.3 is 30.9 Å². The molecular weight excluding hydrogens is 317 g/mol. The largest absolute Gasteiger partial charge is 2.00 e. The van der Waals surface area contributed by atoms with Crippen molar-refractivity contribution >= 4 is 24.3 Å². The first-order chi connectivity index (χ1) is 8.45. The van der Waals surface area contributed by atoms with Gasteiger partial charge in [-0.15, -0.1) is 0 Å². The normalized spacial score (nSPS) is 7.16. The van der Waals surface area contributed by atoms with Crippen molar-refractivity contribution in [2.24, 2.45) is 0 Å². The summed E-state index contributed by atoms with van der Waals surface area (Å²) >= 11 is 0. The van der Waals surface area contributed by atoms with Gasteiger partial charge in [-0.3, -0.25) is 20.2 Å². The predicted molar refractivity (Wildman–Crippen MR) is 51.9 cm³/mol. The molecule has 0 aliphatic carbocycles. The van der Waals surface area contributed by atoms with Crippen LogP contribution in [0.2, 0.25) is 0 Å². The number of carbonyl (C=O) groups excluding carboxylic acids is 2. The molecule has 0 amide bonds. The molecule has 0 heterocycles. The summed E-state index contributed by atoms with van der Waals surface area (Å²) in [7, 11) is 0. The van der Waals surface area contributed by atoms with Crippen molar-refractivity contribution in [2.75, 3.05) is 0 Å². The van der Waals surface area contributed by atoms with E-state index in [9.17, 15) is 20.2 Å². The van der Waals surface area contributed by atoms with Crippen molar-refractivity contribution < 1.29 is 49.1 Å². The van der Waals surface area contributed by atoms with Crippen LogP contribution in [0, 0.1) is 20.2 Å². The number of carbonyl (C=O) groups is 2. The van der Waals surface area contributed by atoms with Gasteiger partial charge in [-0.25, -0.2) is 0 Å². The van der Waals surface area contributed by atoms with Crippen molar-refractivity contribution in [3.8, 4) is 0 Å². The molecule has 0 spiro atoms. The monoisotopic (exact) mass is 322 g/mol. The first kappa shape index (κ1) is 21.8. The fourth-order valence-corrected chi connectivity index (χ4v) is 0.773. The number of hydrogen-bond acceptors (Lipinski definition) is 8. The third-order valence-electron chi connectivity index (χ3n) is 1.28. The van der Waals surface area contributed by atoms with Gasteiger partial charge in [0.25, 0.3) is 0 Å². The van der Waals surface area contributed by atoms with E-state index in [1.807, 2.05) is 0 Å². The van der Waals surface area contributed by atoms with Crippen molar-refractivity contribution in [1.29, 1.82) is 0 Å². The Kier molecular flexibility index (Phi) is 15.7. The summed E-state index contributed by atoms with van der Waals surface area (Å²) in [4.78, 5) is 35.4. The molecule has 1 aromatic rings. The minimum atomic E-state index is -0.780. The number of rotatable bonds is 2. The summed E-state index contributed by atoms with van der Waals surface area (Å²) in [5.41, 5.74) is -0.968. The maximum Gasteiger partial charge on any atom is 2.00 e. The number of hydrogen-bond donors (Lipinski definition) is 0. The Balaban J connectivity index is -0.000000314. The molecule has 1 aromatic carbocycles. The Morgan fingerprint density at radius 1 is 0.842 bits per heavy atom. The van der Waals surface area contributed by atoms with Gasteiger partial charge in [-0.05, 0) is 0 Å². The number of carboxylic acid groups (broad SMARTS) is 2. The number of nitro groups is 2. The second-order valence-corrected chi connectivity index (χ2v) is 2.20. The molecule has 0 atom stereocenters. The van der Waals surface area contributed by atoms with E-state index in [4.69, 9.17) is 19.8 Å². The van der Waals surface area contributed by atoms with Gasteiger partial charge < -0.3 is 19.8 Å². The van der Waals surface area contributed by atoms with E-state index in [0.717, 1.165) is 12.1 Å². The summed E-state index contributed by atoms with van der Waals surface area (Å²) in [5.74, 6) is 0. The van der Waals surface area contributed by atoms with Gasteiger partial charge in [-0.1, -0.05) is 12.1 Å². The van der Waals surface area contributed by atoms with Crippen LogP contribution in [0.3, 0.4) is 0 Å². The van der Waals surface area contributed by atoms with Crippen LogP contribution >= 0.6 is 0 Å². The standard InChI is InChI=1S/C6H4N2O4.2CH2O2.Zn/c9-7(10)5-3-1-2-4-6(5)8(11)12;2*2-1-3;/h1-4H;2*1H,(H,2,3);/q;;;+2/p-2.